The molecule has 0 spiro atoms. The normalized spacial score (nSPS) is 10.9. The third kappa shape index (κ3) is 3.41. The Morgan fingerprint density at radius 3 is 2.67 bits per heavy atom. The maximum absolute atomic E-state index is 12.4. The molecule has 4 aromatic rings. The first-order valence-corrected chi connectivity index (χ1v) is 8.86. The van der Waals surface area contributed by atoms with Crippen molar-refractivity contribution in [2.45, 2.75) is 6.92 Å². The SMILES string of the molecule is Cc1cc(-c2ccc3cc(Cl)ccc3n2)ccc1NC(=O)c1ccnn1C. The Hall–Kier alpha value is -3.18. The number of hydrogen-bond donors (Lipinski definition) is 1. The van der Waals surface area contributed by atoms with Crippen LogP contribution in [0.15, 0.2) is 60.8 Å². The lowest BCUT2D eigenvalue weighted by Gasteiger charge is -2.11. The number of benzene rings is 2. The van der Waals surface area contributed by atoms with Crippen LogP contribution in [0.25, 0.3) is 22.2 Å². The molecular formula is C21H17ClN4O. The molecular weight excluding hydrogens is 360 g/mol. The second-order valence-corrected chi connectivity index (χ2v) is 6.79. The van der Waals surface area contributed by atoms with Crippen molar-refractivity contribution in [3.8, 4) is 11.3 Å². The molecule has 0 atom stereocenters. The van der Waals surface area contributed by atoms with E-state index in [1.54, 1.807) is 24.0 Å². The lowest BCUT2D eigenvalue weighted by Crippen LogP contribution is -2.16. The van der Waals surface area contributed by atoms with E-state index in [0.717, 1.165) is 33.4 Å². The monoisotopic (exact) mass is 376 g/mol. The minimum Gasteiger partial charge on any atom is -0.320 e. The molecule has 0 aliphatic rings. The standard InChI is InChI=1S/C21H17ClN4O/c1-13-11-14(18-7-4-15-12-16(22)5-8-19(15)24-18)3-6-17(13)25-21(27)20-9-10-23-26(20)2/h3-12H,1-2H3,(H,25,27). The van der Waals surface area contributed by atoms with Gasteiger partial charge in [-0.25, -0.2) is 4.98 Å². The molecule has 2 aromatic heterocycles. The van der Waals surface area contributed by atoms with Gasteiger partial charge in [-0.2, -0.15) is 5.10 Å². The Bertz CT molecular complexity index is 1170. The third-order valence-electron chi connectivity index (χ3n) is 4.48. The first-order chi connectivity index (χ1) is 13.0. The van der Waals surface area contributed by atoms with E-state index >= 15 is 0 Å². The van der Waals surface area contributed by atoms with Crippen molar-refractivity contribution in [1.82, 2.24) is 14.8 Å². The summed E-state index contributed by atoms with van der Waals surface area (Å²) in [4.78, 5) is 17.1. The topological polar surface area (TPSA) is 59.8 Å². The number of amides is 1. The highest BCUT2D eigenvalue weighted by Gasteiger charge is 2.12. The van der Waals surface area contributed by atoms with E-state index in [0.29, 0.717) is 10.7 Å². The zero-order valence-corrected chi connectivity index (χ0v) is 15.7. The van der Waals surface area contributed by atoms with E-state index in [9.17, 15) is 4.79 Å². The summed E-state index contributed by atoms with van der Waals surface area (Å²) in [5.41, 5.74) is 4.98. The van der Waals surface area contributed by atoms with Crippen LogP contribution < -0.4 is 5.32 Å². The van der Waals surface area contributed by atoms with Gasteiger partial charge in [0.05, 0.1) is 11.2 Å². The number of anilines is 1. The highest BCUT2D eigenvalue weighted by atomic mass is 35.5. The first-order valence-electron chi connectivity index (χ1n) is 8.48. The minimum absolute atomic E-state index is 0.188. The second-order valence-electron chi connectivity index (χ2n) is 6.36. The van der Waals surface area contributed by atoms with Crippen molar-refractivity contribution in [2.24, 2.45) is 7.05 Å². The van der Waals surface area contributed by atoms with Crippen LogP contribution in [0, 0.1) is 6.92 Å². The number of fused-ring (bicyclic) bond motifs is 1. The third-order valence-corrected chi connectivity index (χ3v) is 4.71. The van der Waals surface area contributed by atoms with Crippen molar-refractivity contribution in [3.05, 3.63) is 77.1 Å². The lowest BCUT2D eigenvalue weighted by molar-refractivity contribution is 0.101. The van der Waals surface area contributed by atoms with E-state index in [4.69, 9.17) is 16.6 Å². The van der Waals surface area contributed by atoms with Gasteiger partial charge in [-0.15, -0.1) is 0 Å². The second kappa shape index (κ2) is 6.85. The summed E-state index contributed by atoms with van der Waals surface area (Å²) in [6.45, 7) is 1.96. The number of nitrogens with one attached hydrogen (secondary N) is 1. The average molecular weight is 377 g/mol. The van der Waals surface area contributed by atoms with Gasteiger partial charge in [0.2, 0.25) is 0 Å². The van der Waals surface area contributed by atoms with E-state index in [1.807, 2.05) is 55.5 Å². The quantitative estimate of drug-likeness (QED) is 0.556. The van der Waals surface area contributed by atoms with Gasteiger partial charge < -0.3 is 5.32 Å². The Kier molecular flexibility index (Phi) is 4.38. The highest BCUT2D eigenvalue weighted by Crippen LogP contribution is 2.26. The van der Waals surface area contributed by atoms with Gasteiger partial charge in [0.1, 0.15) is 5.69 Å². The molecule has 1 amide bonds. The smallest absolute Gasteiger partial charge is 0.273 e. The number of carbonyl (C=O) groups is 1. The largest absolute Gasteiger partial charge is 0.320 e. The van der Waals surface area contributed by atoms with Crippen LogP contribution in [0.4, 0.5) is 5.69 Å². The lowest BCUT2D eigenvalue weighted by atomic mass is 10.1. The van der Waals surface area contributed by atoms with Crippen LogP contribution in [0.5, 0.6) is 0 Å². The zero-order valence-electron chi connectivity index (χ0n) is 14.9. The molecule has 0 unspecified atom stereocenters. The molecule has 0 saturated carbocycles. The van der Waals surface area contributed by atoms with Gasteiger partial charge in [0.15, 0.2) is 0 Å². The van der Waals surface area contributed by atoms with Crippen LogP contribution >= 0.6 is 11.6 Å². The van der Waals surface area contributed by atoms with Gasteiger partial charge in [-0.3, -0.25) is 9.48 Å². The van der Waals surface area contributed by atoms with Gasteiger partial charge in [0.25, 0.3) is 5.91 Å². The Labute approximate surface area is 161 Å². The molecule has 27 heavy (non-hydrogen) atoms. The summed E-state index contributed by atoms with van der Waals surface area (Å²) in [5, 5.41) is 8.66. The molecule has 1 N–H and O–H groups in total. The number of pyridine rings is 1. The molecule has 0 aliphatic carbocycles. The van der Waals surface area contributed by atoms with Crippen LogP contribution in [0.3, 0.4) is 0 Å². The fraction of sp³-hybridized carbons (Fsp3) is 0.0952. The maximum atomic E-state index is 12.4. The molecule has 4 rings (SSSR count). The van der Waals surface area contributed by atoms with Crippen molar-refractivity contribution in [2.75, 3.05) is 5.32 Å². The molecule has 0 bridgehead atoms. The maximum Gasteiger partial charge on any atom is 0.273 e. The van der Waals surface area contributed by atoms with Gasteiger partial charge in [-0.1, -0.05) is 23.7 Å². The molecule has 0 aliphatic heterocycles. The van der Waals surface area contributed by atoms with Crippen LogP contribution in [-0.4, -0.2) is 20.7 Å². The summed E-state index contributed by atoms with van der Waals surface area (Å²) in [5.74, 6) is -0.188. The van der Waals surface area contributed by atoms with Crippen molar-refractivity contribution >= 4 is 34.1 Å². The fourth-order valence-corrected chi connectivity index (χ4v) is 3.18. The van der Waals surface area contributed by atoms with Crippen molar-refractivity contribution in [1.29, 1.82) is 0 Å². The molecule has 0 saturated heterocycles. The number of nitrogens with zero attached hydrogens (tertiary/aromatic N) is 3. The summed E-state index contributed by atoms with van der Waals surface area (Å²) >= 11 is 6.03. The predicted octanol–water partition coefficient (Wildman–Crippen LogP) is 4.85. The number of rotatable bonds is 3. The molecule has 2 heterocycles. The van der Waals surface area contributed by atoms with Crippen molar-refractivity contribution in [3.63, 3.8) is 0 Å². The molecule has 134 valence electrons. The molecule has 6 heteroatoms. The van der Waals surface area contributed by atoms with Gasteiger partial charge in [-0.05, 0) is 55.0 Å². The number of halogens is 1. The summed E-state index contributed by atoms with van der Waals surface area (Å²) < 4.78 is 1.55. The number of aromatic nitrogens is 3. The highest BCUT2D eigenvalue weighted by molar-refractivity contribution is 6.31. The van der Waals surface area contributed by atoms with Gasteiger partial charge in [0, 0.05) is 34.9 Å². The van der Waals surface area contributed by atoms with Crippen molar-refractivity contribution < 1.29 is 4.79 Å². The van der Waals surface area contributed by atoms with E-state index in [2.05, 4.69) is 10.4 Å². The summed E-state index contributed by atoms with van der Waals surface area (Å²) in [6.07, 6.45) is 1.60. The van der Waals surface area contributed by atoms with Crippen LogP contribution in [0.2, 0.25) is 5.02 Å². The Balaban J connectivity index is 1.62. The number of aryl methyl sites for hydroxylation is 2. The number of carbonyl (C=O) groups excluding carboxylic acids is 1. The molecule has 0 radical (unpaired) electrons. The average Bonchev–Trinajstić information content (AvgIpc) is 3.09. The van der Waals surface area contributed by atoms with E-state index < -0.39 is 0 Å². The predicted molar refractivity (Wildman–Crippen MR) is 108 cm³/mol. The summed E-state index contributed by atoms with van der Waals surface area (Å²) in [7, 11) is 1.74. The summed E-state index contributed by atoms with van der Waals surface area (Å²) in [6, 6.07) is 17.2. The molecule has 2 aromatic carbocycles. The number of hydrogen-bond acceptors (Lipinski definition) is 3. The van der Waals surface area contributed by atoms with E-state index in [1.165, 1.54) is 0 Å². The van der Waals surface area contributed by atoms with Gasteiger partial charge >= 0.3 is 0 Å². The van der Waals surface area contributed by atoms with Crippen LogP contribution in [-0.2, 0) is 7.05 Å². The zero-order chi connectivity index (χ0) is 19.0. The van der Waals surface area contributed by atoms with E-state index in [-0.39, 0.29) is 5.91 Å². The Morgan fingerprint density at radius 2 is 1.93 bits per heavy atom. The fourth-order valence-electron chi connectivity index (χ4n) is 3.00. The first kappa shape index (κ1) is 17.2. The van der Waals surface area contributed by atoms with Crippen LogP contribution in [0.1, 0.15) is 16.1 Å². The molecule has 5 nitrogen and oxygen atoms in total. The molecule has 0 fully saturated rings. The Morgan fingerprint density at radius 1 is 1.07 bits per heavy atom. The minimum atomic E-state index is -0.188.